The maximum Gasteiger partial charge on any atom is 0.245 e. The summed E-state index contributed by atoms with van der Waals surface area (Å²) in [5.41, 5.74) is 5.97. The smallest absolute Gasteiger partial charge is 0.245 e. The van der Waals surface area contributed by atoms with Gasteiger partial charge in [-0.15, -0.1) is 0 Å². The van der Waals surface area contributed by atoms with E-state index in [0.717, 1.165) is 6.42 Å². The molecular formula is C13H18ClN3O3S. The van der Waals surface area contributed by atoms with Crippen molar-refractivity contribution in [1.82, 2.24) is 9.62 Å². The Hall–Kier alpha value is -1.31. The fourth-order valence-corrected chi connectivity index (χ4v) is 4.63. The van der Waals surface area contributed by atoms with Gasteiger partial charge in [0.05, 0.1) is 5.02 Å². The number of anilines is 1. The second kappa shape index (κ2) is 6.21. The molecule has 1 aromatic carbocycles. The average Bonchev–Trinajstić information content (AvgIpc) is 2.48. The van der Waals surface area contributed by atoms with Crippen molar-refractivity contribution >= 4 is 33.2 Å². The molecule has 0 aromatic heterocycles. The molecule has 116 valence electrons. The van der Waals surface area contributed by atoms with Gasteiger partial charge in [0.1, 0.15) is 10.9 Å². The van der Waals surface area contributed by atoms with Crippen molar-refractivity contribution in [2.75, 3.05) is 19.3 Å². The summed E-state index contributed by atoms with van der Waals surface area (Å²) >= 11 is 6.00. The number of hydrogen-bond acceptors (Lipinski definition) is 4. The molecule has 1 saturated heterocycles. The lowest BCUT2D eigenvalue weighted by Crippen LogP contribution is -2.51. The first-order valence-corrected chi connectivity index (χ1v) is 8.48. The van der Waals surface area contributed by atoms with Crippen molar-refractivity contribution in [2.45, 2.75) is 30.2 Å². The second-order valence-corrected chi connectivity index (χ2v) is 7.20. The first-order chi connectivity index (χ1) is 9.87. The zero-order valence-corrected chi connectivity index (χ0v) is 13.2. The van der Waals surface area contributed by atoms with Gasteiger partial charge in [0, 0.05) is 19.3 Å². The van der Waals surface area contributed by atoms with E-state index >= 15 is 0 Å². The summed E-state index contributed by atoms with van der Waals surface area (Å²) in [5.74, 6) is -0.307. The molecule has 0 radical (unpaired) electrons. The monoisotopic (exact) mass is 331 g/mol. The predicted octanol–water partition coefficient (Wildman–Crippen LogP) is 1.21. The summed E-state index contributed by atoms with van der Waals surface area (Å²) in [6.45, 7) is 0.297. The number of halogens is 1. The Kier molecular flexibility index (Phi) is 4.75. The summed E-state index contributed by atoms with van der Waals surface area (Å²) in [6, 6.07) is 3.61. The van der Waals surface area contributed by atoms with Crippen LogP contribution in [0.4, 0.5) is 5.69 Å². The SMILES string of the molecule is CNC(=O)C1CCCCN1S(=O)(=O)c1cc(N)ccc1Cl. The highest BCUT2D eigenvalue weighted by Gasteiger charge is 2.38. The second-order valence-electron chi connectivity index (χ2n) is 4.93. The fourth-order valence-electron chi connectivity index (χ4n) is 2.47. The largest absolute Gasteiger partial charge is 0.399 e. The predicted molar refractivity (Wildman–Crippen MR) is 81.5 cm³/mol. The van der Waals surface area contributed by atoms with E-state index in [2.05, 4.69) is 5.32 Å². The molecule has 1 atom stereocenters. The van der Waals surface area contributed by atoms with E-state index < -0.39 is 16.1 Å². The number of nitrogens with zero attached hydrogens (tertiary/aromatic N) is 1. The molecule has 21 heavy (non-hydrogen) atoms. The van der Waals surface area contributed by atoms with Gasteiger partial charge in [-0.25, -0.2) is 8.42 Å². The third kappa shape index (κ3) is 3.14. The normalized spacial score (nSPS) is 20.2. The summed E-state index contributed by atoms with van der Waals surface area (Å²) in [7, 11) is -2.36. The van der Waals surface area contributed by atoms with Gasteiger partial charge >= 0.3 is 0 Å². The van der Waals surface area contributed by atoms with Crippen LogP contribution < -0.4 is 11.1 Å². The number of rotatable bonds is 3. The van der Waals surface area contributed by atoms with Crippen LogP contribution in [-0.4, -0.2) is 38.3 Å². The van der Waals surface area contributed by atoms with Gasteiger partial charge in [-0.3, -0.25) is 4.79 Å². The number of nitrogens with one attached hydrogen (secondary N) is 1. The third-order valence-corrected chi connectivity index (χ3v) is 5.93. The highest BCUT2D eigenvalue weighted by atomic mass is 35.5. The molecule has 1 aliphatic rings. The minimum atomic E-state index is -3.86. The average molecular weight is 332 g/mol. The van der Waals surface area contributed by atoms with Crippen molar-refractivity contribution < 1.29 is 13.2 Å². The van der Waals surface area contributed by atoms with Crippen LogP contribution in [0.1, 0.15) is 19.3 Å². The summed E-state index contributed by atoms with van der Waals surface area (Å²) in [4.78, 5) is 11.9. The number of carbonyl (C=O) groups is 1. The van der Waals surface area contributed by atoms with E-state index in [4.69, 9.17) is 17.3 Å². The number of benzene rings is 1. The summed E-state index contributed by atoms with van der Waals surface area (Å²) in [6.07, 6.45) is 2.03. The van der Waals surface area contributed by atoms with Crippen LogP contribution in [0.3, 0.4) is 0 Å². The number of sulfonamides is 1. The van der Waals surface area contributed by atoms with E-state index in [-0.39, 0.29) is 15.8 Å². The highest BCUT2D eigenvalue weighted by molar-refractivity contribution is 7.89. The van der Waals surface area contributed by atoms with E-state index in [1.165, 1.54) is 29.6 Å². The summed E-state index contributed by atoms with van der Waals surface area (Å²) < 4.78 is 26.8. The van der Waals surface area contributed by atoms with Crippen LogP contribution in [0.2, 0.25) is 5.02 Å². The highest BCUT2D eigenvalue weighted by Crippen LogP contribution is 2.30. The lowest BCUT2D eigenvalue weighted by Gasteiger charge is -2.33. The van der Waals surface area contributed by atoms with Crippen LogP contribution in [0, 0.1) is 0 Å². The lowest BCUT2D eigenvalue weighted by atomic mass is 10.0. The van der Waals surface area contributed by atoms with Crippen LogP contribution in [0.25, 0.3) is 0 Å². The Balaban J connectivity index is 2.45. The molecule has 0 saturated carbocycles. The van der Waals surface area contributed by atoms with Gasteiger partial charge in [0.2, 0.25) is 15.9 Å². The van der Waals surface area contributed by atoms with Crippen LogP contribution >= 0.6 is 11.6 Å². The maximum absolute atomic E-state index is 12.8. The first-order valence-electron chi connectivity index (χ1n) is 6.66. The topological polar surface area (TPSA) is 92.5 Å². The van der Waals surface area contributed by atoms with Crippen molar-refractivity contribution in [3.8, 4) is 0 Å². The van der Waals surface area contributed by atoms with Gasteiger partial charge in [0.15, 0.2) is 0 Å². The molecule has 1 aliphatic heterocycles. The molecule has 2 rings (SSSR count). The van der Waals surface area contributed by atoms with Crippen LogP contribution in [0.5, 0.6) is 0 Å². The first kappa shape index (κ1) is 16.1. The Morgan fingerprint density at radius 2 is 2.14 bits per heavy atom. The Morgan fingerprint density at radius 3 is 2.81 bits per heavy atom. The fraction of sp³-hybridized carbons (Fsp3) is 0.462. The van der Waals surface area contributed by atoms with Gasteiger partial charge in [-0.1, -0.05) is 18.0 Å². The number of hydrogen-bond donors (Lipinski definition) is 2. The number of nitrogen functional groups attached to an aromatic ring is 1. The van der Waals surface area contributed by atoms with Crippen molar-refractivity contribution in [1.29, 1.82) is 0 Å². The number of nitrogens with two attached hydrogens (primary N) is 1. The standard InChI is InChI=1S/C13H18ClN3O3S/c1-16-13(18)11-4-2-3-7-17(11)21(19,20)12-8-9(15)5-6-10(12)14/h5-6,8,11H,2-4,7,15H2,1H3,(H,16,18). The Morgan fingerprint density at radius 1 is 1.43 bits per heavy atom. The van der Waals surface area contributed by atoms with Gasteiger partial charge in [-0.05, 0) is 31.0 Å². The van der Waals surface area contributed by atoms with Crippen LogP contribution in [0.15, 0.2) is 23.1 Å². The molecule has 1 heterocycles. The number of piperidine rings is 1. The molecule has 1 fully saturated rings. The molecule has 8 heteroatoms. The maximum atomic E-state index is 12.8. The molecule has 0 bridgehead atoms. The lowest BCUT2D eigenvalue weighted by molar-refractivity contribution is -0.125. The zero-order valence-electron chi connectivity index (χ0n) is 11.7. The van der Waals surface area contributed by atoms with Crippen molar-refractivity contribution in [3.63, 3.8) is 0 Å². The molecule has 1 aromatic rings. The number of amides is 1. The number of carbonyl (C=O) groups excluding carboxylic acids is 1. The van der Waals surface area contributed by atoms with E-state index in [1.807, 2.05) is 0 Å². The minimum Gasteiger partial charge on any atom is -0.399 e. The molecule has 1 unspecified atom stereocenters. The molecule has 6 nitrogen and oxygen atoms in total. The van der Waals surface area contributed by atoms with Crippen molar-refractivity contribution in [3.05, 3.63) is 23.2 Å². The third-order valence-electron chi connectivity index (χ3n) is 3.54. The molecule has 3 N–H and O–H groups in total. The molecule has 1 amide bonds. The number of likely N-dealkylation sites (N-methyl/N-ethyl adjacent to an activating group) is 1. The van der Waals surface area contributed by atoms with Gasteiger partial charge in [-0.2, -0.15) is 4.31 Å². The van der Waals surface area contributed by atoms with Crippen LogP contribution in [-0.2, 0) is 14.8 Å². The quantitative estimate of drug-likeness (QED) is 0.814. The van der Waals surface area contributed by atoms with E-state index in [1.54, 1.807) is 0 Å². The van der Waals surface area contributed by atoms with E-state index in [9.17, 15) is 13.2 Å². The van der Waals surface area contributed by atoms with Gasteiger partial charge < -0.3 is 11.1 Å². The van der Waals surface area contributed by atoms with E-state index in [0.29, 0.717) is 25.1 Å². The van der Waals surface area contributed by atoms with Crippen molar-refractivity contribution in [2.24, 2.45) is 0 Å². The molecule has 0 spiro atoms. The Labute approximate surface area is 129 Å². The minimum absolute atomic E-state index is 0.0556. The molecule has 0 aliphatic carbocycles. The zero-order chi connectivity index (χ0) is 15.6. The summed E-state index contributed by atoms with van der Waals surface area (Å²) in [5, 5.41) is 2.61. The molecular weight excluding hydrogens is 314 g/mol. The Bertz CT molecular complexity index is 648. The van der Waals surface area contributed by atoms with Gasteiger partial charge in [0.25, 0.3) is 0 Å².